The summed E-state index contributed by atoms with van der Waals surface area (Å²) in [6, 6.07) is 8.19. The maximum absolute atomic E-state index is 14.7. The van der Waals surface area contributed by atoms with E-state index in [1.165, 1.54) is 6.07 Å². The zero-order valence-electron chi connectivity index (χ0n) is 13.9. The van der Waals surface area contributed by atoms with Gasteiger partial charge in [-0.3, -0.25) is 0 Å². The molecule has 0 aliphatic carbocycles. The average molecular weight is 314 g/mol. The van der Waals surface area contributed by atoms with Crippen LogP contribution in [0.1, 0.15) is 39.2 Å². The number of fused-ring (bicyclic) bond motifs is 3. The number of benzene rings is 1. The van der Waals surface area contributed by atoms with Crippen LogP contribution in [-0.2, 0) is 11.0 Å². The Morgan fingerprint density at radius 1 is 1.17 bits per heavy atom. The molecule has 0 amide bonds. The van der Waals surface area contributed by atoms with Gasteiger partial charge in [0.05, 0.1) is 11.0 Å². The molecule has 1 aliphatic heterocycles. The third-order valence-corrected chi connectivity index (χ3v) is 5.73. The van der Waals surface area contributed by atoms with Crippen LogP contribution < -0.4 is 4.57 Å². The first-order chi connectivity index (χ1) is 10.9. The van der Waals surface area contributed by atoms with Crippen molar-refractivity contribution in [3.05, 3.63) is 66.4 Å². The van der Waals surface area contributed by atoms with Crippen LogP contribution in [0.5, 0.6) is 0 Å². The number of halogens is 2. The number of pyridine rings is 1. The molecule has 3 heteroatoms. The molecule has 1 nitrogen and oxygen atoms in total. The zero-order valence-corrected chi connectivity index (χ0v) is 13.9. The number of aromatic nitrogens is 1. The predicted octanol–water partition coefficient (Wildman–Crippen LogP) is 4.89. The molecule has 120 valence electrons. The molecule has 23 heavy (non-hydrogen) atoms. The molecular weight excluding hydrogens is 292 g/mol. The van der Waals surface area contributed by atoms with Crippen LogP contribution in [0.25, 0.3) is 11.3 Å². The molecule has 1 aromatic heterocycles. The topological polar surface area (TPSA) is 3.88 Å². The Kier molecular flexibility index (Phi) is 3.62. The highest BCUT2D eigenvalue weighted by molar-refractivity contribution is 5.66. The average Bonchev–Trinajstić information content (AvgIpc) is 2.55. The van der Waals surface area contributed by atoms with Crippen molar-refractivity contribution in [2.24, 2.45) is 0 Å². The second-order valence-electron chi connectivity index (χ2n) is 6.43. The largest absolute Gasteiger partial charge is 0.216 e. The van der Waals surface area contributed by atoms with Gasteiger partial charge >= 0.3 is 0 Å². The molecule has 0 bridgehead atoms. The molecule has 0 saturated carbocycles. The lowest BCUT2D eigenvalue weighted by Crippen LogP contribution is -2.68. The smallest absolute Gasteiger partial charge is 0.207 e. The van der Waals surface area contributed by atoms with Gasteiger partial charge in [0.15, 0.2) is 11.7 Å². The molecule has 0 N–H and O–H groups in total. The van der Waals surface area contributed by atoms with Gasteiger partial charge in [-0.2, -0.15) is 4.57 Å². The van der Waals surface area contributed by atoms with Gasteiger partial charge in [-0.15, -0.1) is 0 Å². The third-order valence-electron chi connectivity index (χ3n) is 5.73. The van der Waals surface area contributed by atoms with Gasteiger partial charge in [-0.1, -0.05) is 20.4 Å². The van der Waals surface area contributed by atoms with Crippen molar-refractivity contribution in [1.29, 1.82) is 0 Å². The summed E-state index contributed by atoms with van der Waals surface area (Å²) >= 11 is 0. The van der Waals surface area contributed by atoms with E-state index in [9.17, 15) is 8.78 Å². The maximum atomic E-state index is 14.7. The highest BCUT2D eigenvalue weighted by Gasteiger charge is 2.58. The lowest BCUT2D eigenvalue weighted by Gasteiger charge is -2.46. The zero-order chi connectivity index (χ0) is 16.8. The SMILES string of the molecule is C=CC1(CC)[n+]2ccccc2-c2c(F)cc(F)cc2C1(C)CC. The summed E-state index contributed by atoms with van der Waals surface area (Å²) in [5.74, 6) is -1.03. The van der Waals surface area contributed by atoms with Gasteiger partial charge in [0.25, 0.3) is 0 Å². The molecule has 2 aromatic rings. The molecule has 2 atom stereocenters. The van der Waals surface area contributed by atoms with Gasteiger partial charge in [-0.05, 0) is 37.1 Å². The van der Waals surface area contributed by atoms with E-state index in [1.54, 1.807) is 0 Å². The van der Waals surface area contributed by atoms with E-state index in [0.717, 1.165) is 30.2 Å². The Labute approximate surface area is 136 Å². The van der Waals surface area contributed by atoms with E-state index in [-0.39, 0.29) is 0 Å². The highest BCUT2D eigenvalue weighted by Crippen LogP contribution is 2.50. The van der Waals surface area contributed by atoms with Crippen molar-refractivity contribution in [3.63, 3.8) is 0 Å². The summed E-state index contributed by atoms with van der Waals surface area (Å²) in [4.78, 5) is 0. The summed E-state index contributed by atoms with van der Waals surface area (Å²) < 4.78 is 30.8. The van der Waals surface area contributed by atoms with Crippen molar-refractivity contribution >= 4 is 0 Å². The predicted molar refractivity (Wildman–Crippen MR) is 88.1 cm³/mol. The van der Waals surface area contributed by atoms with Gasteiger partial charge in [0.1, 0.15) is 11.6 Å². The van der Waals surface area contributed by atoms with Crippen molar-refractivity contribution in [2.45, 2.75) is 44.6 Å². The number of hydrogen-bond donors (Lipinski definition) is 0. The Morgan fingerprint density at radius 2 is 1.91 bits per heavy atom. The molecule has 1 aliphatic rings. The number of nitrogens with zero attached hydrogens (tertiary/aromatic N) is 1. The van der Waals surface area contributed by atoms with Crippen LogP contribution in [-0.4, -0.2) is 0 Å². The standard InChI is InChI=1S/C20H22F2N/c1-5-19(4)15-12-14(21)13-16(22)18(15)17-10-8-9-11-23(17)20(19,6-2)7-3/h6,8-13H,2,5,7H2,1,3-4H3/q+1. The first-order valence-electron chi connectivity index (χ1n) is 8.09. The second-order valence-corrected chi connectivity index (χ2v) is 6.43. The van der Waals surface area contributed by atoms with E-state index < -0.39 is 22.6 Å². The Bertz CT molecular complexity index is 783. The minimum absolute atomic E-state index is 0.425. The first kappa shape index (κ1) is 15.9. The van der Waals surface area contributed by atoms with Crippen molar-refractivity contribution in [1.82, 2.24) is 0 Å². The van der Waals surface area contributed by atoms with E-state index in [1.807, 2.05) is 30.5 Å². The molecule has 0 fully saturated rings. The summed E-state index contributed by atoms with van der Waals surface area (Å²) in [5, 5.41) is 0. The minimum atomic E-state index is -0.528. The van der Waals surface area contributed by atoms with E-state index in [2.05, 4.69) is 31.9 Å². The fourth-order valence-electron chi connectivity index (χ4n) is 4.29. The van der Waals surface area contributed by atoms with Gasteiger partial charge in [-0.25, -0.2) is 8.78 Å². The number of rotatable bonds is 3. The van der Waals surface area contributed by atoms with Crippen molar-refractivity contribution in [3.8, 4) is 11.3 Å². The second kappa shape index (κ2) is 5.26. The first-order valence-corrected chi connectivity index (χ1v) is 8.09. The van der Waals surface area contributed by atoms with Gasteiger partial charge in [0, 0.05) is 24.6 Å². The van der Waals surface area contributed by atoms with Crippen LogP contribution in [0.3, 0.4) is 0 Å². The van der Waals surface area contributed by atoms with Gasteiger partial charge < -0.3 is 0 Å². The Hall–Kier alpha value is -2.03. The quantitative estimate of drug-likeness (QED) is 0.561. The summed E-state index contributed by atoms with van der Waals surface area (Å²) in [6.45, 7) is 10.3. The van der Waals surface area contributed by atoms with Crippen molar-refractivity contribution in [2.75, 3.05) is 0 Å². The third kappa shape index (κ3) is 1.85. The molecule has 3 rings (SSSR count). The highest BCUT2D eigenvalue weighted by atomic mass is 19.1. The maximum Gasteiger partial charge on any atom is 0.216 e. The normalized spacial score (nSPS) is 25.6. The molecule has 2 unspecified atom stereocenters. The molecule has 0 saturated heterocycles. The van der Waals surface area contributed by atoms with E-state index in [4.69, 9.17) is 0 Å². The number of allylic oxidation sites excluding steroid dienone is 1. The fraction of sp³-hybridized carbons (Fsp3) is 0.350. The monoisotopic (exact) mass is 314 g/mol. The van der Waals surface area contributed by atoms with Crippen LogP contribution in [0.2, 0.25) is 0 Å². The van der Waals surface area contributed by atoms with Crippen LogP contribution in [0.4, 0.5) is 8.78 Å². The molecule has 0 radical (unpaired) electrons. The fourth-order valence-corrected chi connectivity index (χ4v) is 4.29. The summed E-state index contributed by atoms with van der Waals surface area (Å²) in [6.07, 6.45) is 5.45. The molecule has 1 aromatic carbocycles. The molecule has 0 spiro atoms. The van der Waals surface area contributed by atoms with E-state index >= 15 is 0 Å². The Balaban J connectivity index is 2.52. The molecular formula is C20H22F2N+. The summed E-state index contributed by atoms with van der Waals surface area (Å²) in [7, 11) is 0. The van der Waals surface area contributed by atoms with Crippen molar-refractivity contribution < 1.29 is 13.3 Å². The van der Waals surface area contributed by atoms with Crippen LogP contribution in [0.15, 0.2) is 49.2 Å². The van der Waals surface area contributed by atoms with Gasteiger partial charge in [0.2, 0.25) is 5.69 Å². The van der Waals surface area contributed by atoms with Crippen LogP contribution in [0, 0.1) is 11.6 Å². The lowest BCUT2D eigenvalue weighted by molar-refractivity contribution is -0.756. The molecule has 2 heterocycles. The van der Waals surface area contributed by atoms with Crippen LogP contribution >= 0.6 is 0 Å². The summed E-state index contributed by atoms with van der Waals surface area (Å²) in [5.41, 5.74) is 1.13. The lowest BCUT2D eigenvalue weighted by atomic mass is 9.60. The Morgan fingerprint density at radius 3 is 2.52 bits per heavy atom. The van der Waals surface area contributed by atoms with E-state index in [0.29, 0.717) is 5.56 Å². The number of hydrogen-bond acceptors (Lipinski definition) is 0. The minimum Gasteiger partial charge on any atom is -0.207 e.